The molecule has 0 N–H and O–H groups in total. The number of epoxide rings is 1. The molecule has 0 amide bonds. The Labute approximate surface area is 143 Å². The highest BCUT2D eigenvalue weighted by Crippen LogP contribution is 2.33. The van der Waals surface area contributed by atoms with Crippen LogP contribution in [-0.4, -0.2) is 23.7 Å². The van der Waals surface area contributed by atoms with Gasteiger partial charge < -0.3 is 9.64 Å². The van der Waals surface area contributed by atoms with Crippen LogP contribution in [0.4, 0.5) is 5.69 Å². The minimum absolute atomic E-state index is 0.0683. The number of halogens is 2. The third-order valence-corrected chi connectivity index (χ3v) is 4.39. The average Bonchev–Trinajstić information content (AvgIpc) is 3.17. The van der Waals surface area contributed by atoms with Crippen LogP contribution >= 0.6 is 34.2 Å². The maximum Gasteiger partial charge on any atom is 0.153 e. The van der Waals surface area contributed by atoms with Gasteiger partial charge >= 0.3 is 0 Å². The molecule has 2 aromatic rings. The molecule has 1 saturated heterocycles. The van der Waals surface area contributed by atoms with Crippen molar-refractivity contribution < 1.29 is 4.74 Å². The van der Waals surface area contributed by atoms with Crippen LogP contribution in [0.15, 0.2) is 42.5 Å². The number of benzene rings is 1. The van der Waals surface area contributed by atoms with Crippen molar-refractivity contribution in [2.24, 2.45) is 0 Å². The molecule has 3 nitrogen and oxygen atoms in total. The van der Waals surface area contributed by atoms with Crippen LogP contribution in [0.2, 0.25) is 5.15 Å². The van der Waals surface area contributed by atoms with E-state index in [4.69, 9.17) is 16.3 Å². The highest BCUT2D eigenvalue weighted by molar-refractivity contribution is 14.1. The van der Waals surface area contributed by atoms with E-state index in [0.29, 0.717) is 5.15 Å². The maximum absolute atomic E-state index is 6.34. The number of pyridine rings is 1. The molecule has 1 aliphatic rings. The molecule has 1 aromatic heterocycles. The Bertz CT molecular complexity index is 631. The van der Waals surface area contributed by atoms with Gasteiger partial charge in [0.2, 0.25) is 0 Å². The largest absolute Gasteiger partial charge is 0.368 e. The van der Waals surface area contributed by atoms with Crippen molar-refractivity contribution in [2.45, 2.75) is 19.1 Å². The van der Waals surface area contributed by atoms with Crippen LogP contribution in [0.1, 0.15) is 12.5 Å². The second kappa shape index (κ2) is 6.10. The number of rotatable bonds is 5. The highest BCUT2D eigenvalue weighted by atomic mass is 127. The number of ether oxygens (including phenoxy) is 1. The van der Waals surface area contributed by atoms with Crippen LogP contribution in [0.3, 0.4) is 0 Å². The first-order valence-corrected chi connectivity index (χ1v) is 8.26. The van der Waals surface area contributed by atoms with Crippen molar-refractivity contribution in [3.05, 3.63) is 56.9 Å². The number of aromatic nitrogens is 1. The van der Waals surface area contributed by atoms with Crippen molar-refractivity contribution in [3.63, 3.8) is 0 Å². The quantitative estimate of drug-likeness (QED) is 0.418. The van der Waals surface area contributed by atoms with Crippen molar-refractivity contribution in [1.29, 1.82) is 0 Å². The molecule has 5 heteroatoms. The van der Waals surface area contributed by atoms with Gasteiger partial charge in [-0.15, -0.1) is 0 Å². The molecule has 2 heterocycles. The van der Waals surface area contributed by atoms with Crippen molar-refractivity contribution in [2.75, 3.05) is 18.1 Å². The summed E-state index contributed by atoms with van der Waals surface area (Å²) in [6.45, 7) is 4.53. The third-order valence-electron chi connectivity index (χ3n) is 3.51. The van der Waals surface area contributed by atoms with Gasteiger partial charge in [-0.25, -0.2) is 4.98 Å². The molecule has 0 spiro atoms. The lowest BCUT2D eigenvalue weighted by Crippen LogP contribution is -2.33. The molecular formula is C16H16ClIN2O. The molecule has 1 aliphatic heterocycles. The van der Waals surface area contributed by atoms with Gasteiger partial charge in [0.15, 0.2) is 5.15 Å². The molecule has 110 valence electrons. The second-order valence-corrected chi connectivity index (χ2v) is 6.99. The van der Waals surface area contributed by atoms with Gasteiger partial charge in [0.05, 0.1) is 12.3 Å². The molecule has 1 aromatic carbocycles. The highest BCUT2D eigenvalue weighted by Gasteiger charge is 2.41. The van der Waals surface area contributed by atoms with Gasteiger partial charge in [0.1, 0.15) is 9.30 Å². The van der Waals surface area contributed by atoms with E-state index in [9.17, 15) is 0 Å². The summed E-state index contributed by atoms with van der Waals surface area (Å²) in [4.78, 5) is 6.60. The molecule has 21 heavy (non-hydrogen) atoms. The smallest absolute Gasteiger partial charge is 0.153 e. The van der Waals surface area contributed by atoms with Crippen molar-refractivity contribution in [3.8, 4) is 0 Å². The molecular weight excluding hydrogens is 399 g/mol. The fourth-order valence-corrected chi connectivity index (χ4v) is 3.13. The topological polar surface area (TPSA) is 28.7 Å². The zero-order valence-corrected chi connectivity index (χ0v) is 14.6. The summed E-state index contributed by atoms with van der Waals surface area (Å²) < 4.78 is 6.44. The zero-order valence-electron chi connectivity index (χ0n) is 11.7. The molecule has 1 atom stereocenters. The average molecular weight is 415 g/mol. The van der Waals surface area contributed by atoms with Gasteiger partial charge in [-0.05, 0) is 47.2 Å². The van der Waals surface area contributed by atoms with Crippen LogP contribution < -0.4 is 4.90 Å². The monoisotopic (exact) mass is 414 g/mol. The van der Waals surface area contributed by atoms with E-state index >= 15 is 0 Å². The van der Waals surface area contributed by atoms with Gasteiger partial charge in [0.25, 0.3) is 0 Å². The first kappa shape index (κ1) is 15.1. The van der Waals surface area contributed by atoms with Crippen LogP contribution in [0.25, 0.3) is 0 Å². The SMILES string of the molecule is C[C@]1(CN(Cc2ccccc2)c2ccc(I)nc2Cl)CO1. The summed E-state index contributed by atoms with van der Waals surface area (Å²) >= 11 is 8.51. The summed E-state index contributed by atoms with van der Waals surface area (Å²) in [6.07, 6.45) is 0. The Morgan fingerprint density at radius 3 is 2.62 bits per heavy atom. The Balaban J connectivity index is 1.88. The van der Waals surface area contributed by atoms with Crippen LogP contribution in [0, 0.1) is 3.70 Å². The summed E-state index contributed by atoms with van der Waals surface area (Å²) in [5, 5.41) is 0.544. The van der Waals surface area contributed by atoms with Gasteiger partial charge in [0, 0.05) is 13.1 Å². The van der Waals surface area contributed by atoms with Crippen molar-refractivity contribution in [1.82, 2.24) is 4.98 Å². The molecule has 3 rings (SSSR count). The second-order valence-electron chi connectivity index (χ2n) is 5.52. The van der Waals surface area contributed by atoms with E-state index in [1.54, 1.807) is 0 Å². The molecule has 0 saturated carbocycles. The summed E-state index contributed by atoms with van der Waals surface area (Å²) in [5.41, 5.74) is 2.13. The summed E-state index contributed by atoms with van der Waals surface area (Å²) in [5.74, 6) is 0. The number of hydrogen-bond donors (Lipinski definition) is 0. The van der Waals surface area contributed by atoms with Gasteiger partial charge in [-0.1, -0.05) is 41.9 Å². The fourth-order valence-electron chi connectivity index (χ4n) is 2.29. The van der Waals surface area contributed by atoms with Crippen LogP contribution in [-0.2, 0) is 11.3 Å². The maximum atomic E-state index is 6.34. The number of nitrogens with zero attached hydrogens (tertiary/aromatic N) is 2. The standard InChI is InChI=1S/C16H16ClIN2O/c1-16(11-21-16)10-20(9-12-5-3-2-4-6-12)13-7-8-14(18)19-15(13)17/h2-8H,9-11H2,1H3/t16-/m0/s1. The van der Waals surface area contributed by atoms with E-state index in [1.807, 2.05) is 18.2 Å². The van der Waals surface area contributed by atoms with E-state index in [0.717, 1.165) is 29.1 Å². The Morgan fingerprint density at radius 1 is 1.29 bits per heavy atom. The predicted molar refractivity (Wildman–Crippen MR) is 93.8 cm³/mol. The normalized spacial score (nSPS) is 20.3. The lowest BCUT2D eigenvalue weighted by molar-refractivity contribution is 0.324. The fraction of sp³-hybridized carbons (Fsp3) is 0.312. The molecule has 0 unspecified atom stereocenters. The van der Waals surface area contributed by atoms with Gasteiger partial charge in [-0.2, -0.15) is 0 Å². The molecule has 1 fully saturated rings. The van der Waals surface area contributed by atoms with E-state index in [1.165, 1.54) is 5.56 Å². The minimum atomic E-state index is -0.0683. The first-order valence-electron chi connectivity index (χ1n) is 6.81. The summed E-state index contributed by atoms with van der Waals surface area (Å²) in [7, 11) is 0. The Morgan fingerprint density at radius 2 is 2.00 bits per heavy atom. The Kier molecular flexibility index (Phi) is 4.38. The summed E-state index contributed by atoms with van der Waals surface area (Å²) in [6, 6.07) is 14.4. The lowest BCUT2D eigenvalue weighted by atomic mass is 10.1. The zero-order chi connectivity index (χ0) is 14.9. The van der Waals surface area contributed by atoms with E-state index < -0.39 is 0 Å². The first-order chi connectivity index (χ1) is 10.1. The molecule has 0 aliphatic carbocycles. The van der Waals surface area contributed by atoms with Gasteiger partial charge in [-0.3, -0.25) is 0 Å². The van der Waals surface area contributed by atoms with Crippen molar-refractivity contribution >= 4 is 39.9 Å². The predicted octanol–water partition coefficient (Wildman–Crippen LogP) is 4.14. The van der Waals surface area contributed by atoms with E-state index in [2.05, 4.69) is 63.7 Å². The third kappa shape index (κ3) is 3.87. The molecule has 0 radical (unpaired) electrons. The number of anilines is 1. The lowest BCUT2D eigenvalue weighted by Gasteiger charge is -2.27. The molecule has 0 bridgehead atoms. The minimum Gasteiger partial charge on any atom is -0.368 e. The van der Waals surface area contributed by atoms with E-state index in [-0.39, 0.29) is 5.60 Å². The van der Waals surface area contributed by atoms with Crippen LogP contribution in [0.5, 0.6) is 0 Å². The number of hydrogen-bond acceptors (Lipinski definition) is 3. The Hall–Kier alpha value is -0.850.